The van der Waals surface area contributed by atoms with Crippen LogP contribution in [0.25, 0.3) is 0 Å². The highest BCUT2D eigenvalue weighted by Crippen LogP contribution is 2.33. The van der Waals surface area contributed by atoms with E-state index >= 15 is 0 Å². The number of sulfonamides is 1. The minimum atomic E-state index is -4.19. The van der Waals surface area contributed by atoms with Gasteiger partial charge in [-0.15, -0.1) is 0 Å². The first-order valence-electron chi connectivity index (χ1n) is 11.9. The molecule has 0 atom stereocenters. The lowest BCUT2D eigenvalue weighted by atomic mass is 10.1. The predicted octanol–water partition coefficient (Wildman–Crippen LogP) is 4.07. The van der Waals surface area contributed by atoms with Gasteiger partial charge in [0.05, 0.1) is 44.7 Å². The van der Waals surface area contributed by atoms with Gasteiger partial charge in [-0.3, -0.25) is 9.10 Å². The zero-order chi connectivity index (χ0) is 28.7. The summed E-state index contributed by atoms with van der Waals surface area (Å²) < 4.78 is 49.8. The number of benzene rings is 3. The summed E-state index contributed by atoms with van der Waals surface area (Å²) in [6.07, 6.45) is 0. The van der Waals surface area contributed by atoms with Crippen LogP contribution < -0.4 is 28.7 Å². The Morgan fingerprint density at radius 2 is 1.33 bits per heavy atom. The van der Waals surface area contributed by atoms with Gasteiger partial charge in [-0.2, -0.15) is 5.10 Å². The number of ether oxygens (including phenoxy) is 4. The molecule has 0 aliphatic carbocycles. The van der Waals surface area contributed by atoms with Crippen molar-refractivity contribution in [3.05, 3.63) is 71.3 Å². The van der Waals surface area contributed by atoms with Gasteiger partial charge in [0, 0.05) is 11.6 Å². The summed E-state index contributed by atoms with van der Waals surface area (Å²) in [5.74, 6) is 1.07. The normalized spacial score (nSPS) is 11.5. The highest BCUT2D eigenvalue weighted by atomic mass is 32.2. The van der Waals surface area contributed by atoms with Gasteiger partial charge < -0.3 is 18.9 Å². The summed E-state index contributed by atoms with van der Waals surface area (Å²) in [5.41, 5.74) is 5.69. The quantitative estimate of drug-likeness (QED) is 0.280. The van der Waals surface area contributed by atoms with E-state index in [1.165, 1.54) is 46.6 Å². The van der Waals surface area contributed by atoms with Gasteiger partial charge in [0.1, 0.15) is 6.54 Å². The van der Waals surface area contributed by atoms with Crippen molar-refractivity contribution >= 4 is 27.3 Å². The molecule has 0 saturated heterocycles. The maximum absolute atomic E-state index is 13.8. The molecule has 208 valence electrons. The molecule has 0 heterocycles. The van der Waals surface area contributed by atoms with Crippen LogP contribution in [0.1, 0.15) is 23.6 Å². The van der Waals surface area contributed by atoms with E-state index < -0.39 is 22.5 Å². The lowest BCUT2D eigenvalue weighted by Crippen LogP contribution is -2.39. The highest BCUT2D eigenvalue weighted by molar-refractivity contribution is 7.92. The monoisotopic (exact) mass is 555 g/mol. The second-order valence-corrected chi connectivity index (χ2v) is 10.5. The molecule has 0 unspecified atom stereocenters. The number of hydrazone groups is 1. The fourth-order valence-electron chi connectivity index (χ4n) is 3.95. The molecular formula is C28H33N3O7S. The van der Waals surface area contributed by atoms with E-state index in [0.717, 1.165) is 15.4 Å². The fourth-order valence-corrected chi connectivity index (χ4v) is 5.37. The third-order valence-electron chi connectivity index (χ3n) is 5.87. The zero-order valence-corrected chi connectivity index (χ0v) is 23.9. The number of carbonyl (C=O) groups excluding carboxylic acids is 1. The summed E-state index contributed by atoms with van der Waals surface area (Å²) in [6, 6.07) is 14.8. The minimum absolute atomic E-state index is 0.0582. The van der Waals surface area contributed by atoms with E-state index in [9.17, 15) is 13.2 Å². The van der Waals surface area contributed by atoms with Crippen LogP contribution in [0.2, 0.25) is 0 Å². The number of hydrogen-bond donors (Lipinski definition) is 1. The number of nitrogens with zero attached hydrogens (tertiary/aromatic N) is 2. The lowest BCUT2D eigenvalue weighted by Gasteiger charge is -2.25. The van der Waals surface area contributed by atoms with E-state index in [0.29, 0.717) is 34.2 Å². The van der Waals surface area contributed by atoms with Crippen LogP contribution in [-0.4, -0.2) is 55.0 Å². The van der Waals surface area contributed by atoms with Crippen LogP contribution in [0.5, 0.6) is 23.0 Å². The maximum atomic E-state index is 13.8. The minimum Gasteiger partial charge on any atom is -0.493 e. The molecule has 0 aromatic heterocycles. The smallest absolute Gasteiger partial charge is 0.264 e. The molecule has 1 N–H and O–H groups in total. The van der Waals surface area contributed by atoms with Crippen molar-refractivity contribution in [3.8, 4) is 23.0 Å². The standard InChI is InChI=1S/C28H33N3O7S/c1-18-12-19(2)14-22(13-18)31(39(33,34)23-9-11-25(36-5)27(16-23)38-7)17-28(32)30-29-20(3)21-8-10-24(35-4)26(15-21)37-6/h8-16H,17H2,1-7H3,(H,30,32)/b29-20-. The fraction of sp³-hybridized carbons (Fsp3) is 0.286. The molecule has 0 saturated carbocycles. The first kappa shape index (κ1) is 29.3. The van der Waals surface area contributed by atoms with Gasteiger partial charge in [0.25, 0.3) is 15.9 Å². The van der Waals surface area contributed by atoms with E-state index in [1.807, 2.05) is 19.9 Å². The van der Waals surface area contributed by atoms with E-state index in [4.69, 9.17) is 18.9 Å². The number of nitrogens with one attached hydrogen (secondary N) is 1. The molecule has 3 rings (SSSR count). The van der Waals surface area contributed by atoms with Crippen molar-refractivity contribution in [2.24, 2.45) is 5.10 Å². The summed E-state index contributed by atoms with van der Waals surface area (Å²) in [6.45, 7) is 4.91. The topological polar surface area (TPSA) is 116 Å². The third kappa shape index (κ3) is 6.80. The first-order chi connectivity index (χ1) is 18.5. The predicted molar refractivity (Wildman–Crippen MR) is 150 cm³/mol. The summed E-state index contributed by atoms with van der Waals surface area (Å²) >= 11 is 0. The Hall–Kier alpha value is -4.25. The Balaban J connectivity index is 1.95. The van der Waals surface area contributed by atoms with Crippen molar-refractivity contribution in [2.75, 3.05) is 39.3 Å². The Labute approximate surface area is 229 Å². The molecule has 39 heavy (non-hydrogen) atoms. The highest BCUT2D eigenvalue weighted by Gasteiger charge is 2.29. The Bertz CT molecular complexity index is 1470. The number of rotatable bonds is 11. The second-order valence-electron chi connectivity index (χ2n) is 8.68. The number of hydrogen-bond acceptors (Lipinski definition) is 8. The van der Waals surface area contributed by atoms with Crippen LogP contribution in [0.15, 0.2) is 64.6 Å². The average Bonchev–Trinajstić information content (AvgIpc) is 2.92. The number of amides is 1. The van der Waals surface area contributed by atoms with Crippen molar-refractivity contribution in [1.29, 1.82) is 0 Å². The Morgan fingerprint density at radius 3 is 1.90 bits per heavy atom. The molecule has 0 aliphatic heterocycles. The van der Waals surface area contributed by atoms with Gasteiger partial charge >= 0.3 is 0 Å². The Morgan fingerprint density at radius 1 is 0.795 bits per heavy atom. The number of anilines is 1. The van der Waals surface area contributed by atoms with Crippen molar-refractivity contribution in [2.45, 2.75) is 25.7 Å². The van der Waals surface area contributed by atoms with Crippen molar-refractivity contribution < 1.29 is 32.2 Å². The lowest BCUT2D eigenvalue weighted by molar-refractivity contribution is -0.119. The van der Waals surface area contributed by atoms with E-state index in [-0.39, 0.29) is 10.6 Å². The summed E-state index contributed by atoms with van der Waals surface area (Å²) in [4.78, 5) is 13.0. The molecule has 0 fully saturated rings. The van der Waals surface area contributed by atoms with E-state index in [1.54, 1.807) is 37.3 Å². The number of carbonyl (C=O) groups is 1. The van der Waals surface area contributed by atoms with Crippen LogP contribution in [0.4, 0.5) is 5.69 Å². The van der Waals surface area contributed by atoms with Crippen molar-refractivity contribution in [3.63, 3.8) is 0 Å². The Kier molecular flexibility index (Phi) is 9.42. The molecule has 3 aromatic carbocycles. The molecule has 1 amide bonds. The molecule has 0 radical (unpaired) electrons. The van der Waals surface area contributed by atoms with Gasteiger partial charge in [-0.1, -0.05) is 6.07 Å². The summed E-state index contributed by atoms with van der Waals surface area (Å²) in [5, 5.41) is 4.17. The van der Waals surface area contributed by atoms with Crippen molar-refractivity contribution in [1.82, 2.24) is 5.43 Å². The molecule has 0 bridgehead atoms. The largest absolute Gasteiger partial charge is 0.493 e. The molecular weight excluding hydrogens is 522 g/mol. The van der Waals surface area contributed by atoms with Gasteiger partial charge in [0.2, 0.25) is 0 Å². The van der Waals surface area contributed by atoms with Crippen LogP contribution >= 0.6 is 0 Å². The second kappa shape index (κ2) is 12.5. The third-order valence-corrected chi connectivity index (χ3v) is 7.64. The molecule has 0 spiro atoms. The van der Waals surface area contributed by atoms with E-state index in [2.05, 4.69) is 10.5 Å². The van der Waals surface area contributed by atoms with Crippen LogP contribution in [0, 0.1) is 13.8 Å². The molecule has 10 nitrogen and oxygen atoms in total. The first-order valence-corrected chi connectivity index (χ1v) is 13.4. The average molecular weight is 556 g/mol. The molecule has 3 aromatic rings. The molecule has 0 aliphatic rings. The number of methoxy groups -OCH3 is 4. The van der Waals surface area contributed by atoms with Crippen LogP contribution in [0.3, 0.4) is 0 Å². The van der Waals surface area contributed by atoms with Gasteiger partial charge in [-0.05, 0) is 74.4 Å². The molecule has 11 heteroatoms. The SMILES string of the molecule is COc1ccc(/C(C)=N\NC(=O)CN(c2cc(C)cc(C)c2)S(=O)(=O)c2ccc(OC)c(OC)c2)cc1OC. The van der Waals surface area contributed by atoms with Gasteiger partial charge in [0.15, 0.2) is 23.0 Å². The zero-order valence-electron chi connectivity index (χ0n) is 23.1. The summed E-state index contributed by atoms with van der Waals surface area (Å²) in [7, 11) is 1.75. The maximum Gasteiger partial charge on any atom is 0.264 e. The van der Waals surface area contributed by atoms with Gasteiger partial charge in [-0.25, -0.2) is 13.8 Å². The van der Waals surface area contributed by atoms with Crippen LogP contribution in [-0.2, 0) is 14.8 Å². The number of aryl methyl sites for hydroxylation is 2.